The molecule has 0 aliphatic heterocycles. The average molecular weight is 1060 g/mol. The third-order valence-corrected chi connectivity index (χ3v) is 12.8. The van der Waals surface area contributed by atoms with Crippen molar-refractivity contribution in [2.45, 2.75) is 271 Å². The van der Waals surface area contributed by atoms with E-state index < -0.39 is 6.10 Å². The van der Waals surface area contributed by atoms with Crippen molar-refractivity contribution in [3.63, 3.8) is 0 Å². The zero-order valence-corrected chi connectivity index (χ0v) is 49.7. The molecule has 6 heteroatoms. The Morgan fingerprint density at radius 1 is 0.260 bits per heavy atom. The van der Waals surface area contributed by atoms with Gasteiger partial charge in [0.25, 0.3) is 0 Å². The molecule has 77 heavy (non-hydrogen) atoms. The van der Waals surface area contributed by atoms with E-state index in [1.165, 1.54) is 64.2 Å². The Kier molecular flexibility index (Phi) is 59.9. The van der Waals surface area contributed by atoms with Crippen molar-refractivity contribution in [3.8, 4) is 0 Å². The summed E-state index contributed by atoms with van der Waals surface area (Å²) in [7, 11) is 0. The Morgan fingerprint density at radius 3 is 0.727 bits per heavy atom. The van der Waals surface area contributed by atoms with Gasteiger partial charge in [0.1, 0.15) is 13.2 Å². The van der Waals surface area contributed by atoms with E-state index in [-0.39, 0.29) is 31.1 Å². The highest BCUT2D eigenvalue weighted by Gasteiger charge is 2.19. The van der Waals surface area contributed by atoms with Crippen LogP contribution in [0.15, 0.2) is 146 Å². The zero-order chi connectivity index (χ0) is 55.7. The van der Waals surface area contributed by atoms with Crippen LogP contribution in [0.1, 0.15) is 265 Å². The van der Waals surface area contributed by atoms with Crippen molar-refractivity contribution < 1.29 is 28.6 Å². The minimum absolute atomic E-state index is 0.0993. The van der Waals surface area contributed by atoms with E-state index >= 15 is 0 Å². The van der Waals surface area contributed by atoms with Gasteiger partial charge in [-0.25, -0.2) is 0 Å². The van der Waals surface area contributed by atoms with Gasteiger partial charge in [-0.1, -0.05) is 256 Å². The molecule has 0 N–H and O–H groups in total. The highest BCUT2D eigenvalue weighted by Crippen LogP contribution is 2.15. The number of carbonyl (C=O) groups is 3. The fraction of sp³-hybridized carbons (Fsp3) is 0.620. The molecule has 1 unspecified atom stereocenters. The highest BCUT2D eigenvalue weighted by molar-refractivity contribution is 5.71. The Hall–Kier alpha value is -4.71. The van der Waals surface area contributed by atoms with Crippen LogP contribution in [-0.4, -0.2) is 37.2 Å². The standard InChI is InChI=1S/C71H114O6/c1-4-7-10-13-16-19-22-25-28-31-33-34-35-36-38-40-43-46-49-52-55-58-61-64-70(73)76-67-68(66-75-69(72)63-60-57-54-51-48-45-42-39-30-27-24-21-18-15-12-9-6-3)77-71(74)65-62-59-56-53-50-47-44-41-37-32-29-26-23-20-17-14-11-8-5-2/h7-12,16-21,25-30,33-34,37,41-42,45,68H,4-6,13-15,22-24,31-32,35-36,38-40,43-44,46-67H2,1-3H3/b10-7-,11-8-,12-9-,19-16-,20-17-,21-18-,28-25-,29-26-,30-27-,34-33-,41-37-,45-42-. The van der Waals surface area contributed by atoms with Crippen LogP contribution in [-0.2, 0) is 28.6 Å². The second-order valence-electron chi connectivity index (χ2n) is 20.2. The van der Waals surface area contributed by atoms with Crippen molar-refractivity contribution in [2.24, 2.45) is 0 Å². The minimum Gasteiger partial charge on any atom is -0.462 e. The van der Waals surface area contributed by atoms with Crippen LogP contribution in [0.5, 0.6) is 0 Å². The molecule has 0 radical (unpaired) electrons. The molecule has 0 aromatic heterocycles. The Morgan fingerprint density at radius 2 is 0.468 bits per heavy atom. The van der Waals surface area contributed by atoms with Crippen LogP contribution < -0.4 is 0 Å². The molecule has 0 heterocycles. The van der Waals surface area contributed by atoms with Gasteiger partial charge < -0.3 is 14.2 Å². The van der Waals surface area contributed by atoms with Gasteiger partial charge in [0.2, 0.25) is 0 Å². The normalized spacial score (nSPS) is 13.1. The van der Waals surface area contributed by atoms with Crippen molar-refractivity contribution in [1.82, 2.24) is 0 Å². The molecule has 0 saturated carbocycles. The molecule has 0 aromatic carbocycles. The van der Waals surface area contributed by atoms with E-state index in [1.807, 2.05) is 0 Å². The summed E-state index contributed by atoms with van der Waals surface area (Å²) in [6.07, 6.45) is 91.3. The van der Waals surface area contributed by atoms with Crippen molar-refractivity contribution in [1.29, 1.82) is 0 Å². The fourth-order valence-electron chi connectivity index (χ4n) is 8.24. The molecule has 0 aliphatic rings. The van der Waals surface area contributed by atoms with E-state index in [9.17, 15) is 14.4 Å². The predicted octanol–water partition coefficient (Wildman–Crippen LogP) is 21.5. The Balaban J connectivity index is 4.46. The smallest absolute Gasteiger partial charge is 0.306 e. The quantitative estimate of drug-likeness (QED) is 0.0261. The third-order valence-electron chi connectivity index (χ3n) is 12.8. The van der Waals surface area contributed by atoms with Crippen molar-refractivity contribution in [2.75, 3.05) is 13.2 Å². The number of esters is 3. The van der Waals surface area contributed by atoms with Crippen molar-refractivity contribution >= 4 is 17.9 Å². The van der Waals surface area contributed by atoms with Crippen LogP contribution in [0.4, 0.5) is 0 Å². The van der Waals surface area contributed by atoms with Crippen LogP contribution in [0.2, 0.25) is 0 Å². The summed E-state index contributed by atoms with van der Waals surface area (Å²) >= 11 is 0. The van der Waals surface area contributed by atoms with Gasteiger partial charge in [-0.3, -0.25) is 14.4 Å². The molecule has 0 aromatic rings. The topological polar surface area (TPSA) is 78.9 Å². The number of carbonyl (C=O) groups excluding carboxylic acids is 3. The summed E-state index contributed by atoms with van der Waals surface area (Å²) in [5, 5.41) is 0. The summed E-state index contributed by atoms with van der Waals surface area (Å²) in [6, 6.07) is 0. The summed E-state index contributed by atoms with van der Waals surface area (Å²) in [5.41, 5.74) is 0. The number of ether oxygens (including phenoxy) is 3. The zero-order valence-electron chi connectivity index (χ0n) is 49.7. The number of unbranched alkanes of at least 4 members (excludes halogenated alkanes) is 20. The molecule has 0 saturated heterocycles. The number of hydrogen-bond acceptors (Lipinski definition) is 6. The molecule has 0 spiro atoms. The van der Waals surface area contributed by atoms with Gasteiger partial charge in [0.15, 0.2) is 6.10 Å². The van der Waals surface area contributed by atoms with Gasteiger partial charge in [-0.15, -0.1) is 0 Å². The second-order valence-corrected chi connectivity index (χ2v) is 20.2. The number of rotatable bonds is 55. The van der Waals surface area contributed by atoms with E-state index in [0.29, 0.717) is 19.3 Å². The summed E-state index contributed by atoms with van der Waals surface area (Å²) in [5.74, 6) is -0.942. The molecule has 0 amide bonds. The molecule has 0 fully saturated rings. The number of hydrogen-bond donors (Lipinski definition) is 0. The van der Waals surface area contributed by atoms with Crippen LogP contribution in [0, 0.1) is 0 Å². The lowest BCUT2D eigenvalue weighted by Gasteiger charge is -2.18. The fourth-order valence-corrected chi connectivity index (χ4v) is 8.24. The maximum Gasteiger partial charge on any atom is 0.306 e. The highest BCUT2D eigenvalue weighted by atomic mass is 16.6. The molecule has 434 valence electrons. The first kappa shape index (κ1) is 72.3. The van der Waals surface area contributed by atoms with Crippen LogP contribution >= 0.6 is 0 Å². The lowest BCUT2D eigenvalue weighted by Crippen LogP contribution is -2.30. The van der Waals surface area contributed by atoms with Gasteiger partial charge in [-0.05, 0) is 135 Å². The van der Waals surface area contributed by atoms with E-state index in [1.54, 1.807) is 0 Å². The average Bonchev–Trinajstić information content (AvgIpc) is 3.43. The monoisotopic (exact) mass is 1060 g/mol. The largest absolute Gasteiger partial charge is 0.462 e. The lowest BCUT2D eigenvalue weighted by molar-refractivity contribution is -0.167. The first-order chi connectivity index (χ1) is 38.0. The molecule has 0 aliphatic carbocycles. The summed E-state index contributed by atoms with van der Waals surface area (Å²) in [4.78, 5) is 38.3. The van der Waals surface area contributed by atoms with Crippen molar-refractivity contribution in [3.05, 3.63) is 146 Å². The Labute approximate surface area is 474 Å². The molecule has 0 bridgehead atoms. The van der Waals surface area contributed by atoms with Gasteiger partial charge in [-0.2, -0.15) is 0 Å². The van der Waals surface area contributed by atoms with E-state index in [2.05, 4.69) is 167 Å². The van der Waals surface area contributed by atoms with Gasteiger partial charge in [0, 0.05) is 19.3 Å². The number of allylic oxidation sites excluding steroid dienone is 24. The second kappa shape index (κ2) is 63.8. The minimum atomic E-state index is -0.806. The Bertz CT molecular complexity index is 1700. The van der Waals surface area contributed by atoms with Crippen LogP contribution in [0.25, 0.3) is 0 Å². The van der Waals surface area contributed by atoms with Gasteiger partial charge >= 0.3 is 17.9 Å². The van der Waals surface area contributed by atoms with E-state index in [0.717, 1.165) is 161 Å². The SMILES string of the molecule is CC/C=C\C/C=C\C/C=C\C/C=C\CCCCCCCCCCCCC(=O)OCC(COC(=O)CCCCCC/C=C\C/C=C\C/C=C\C/C=C\CC)OC(=O)CCCCCCCC/C=C\C/C=C\C/C=C\C/C=C\CC. The first-order valence-corrected chi connectivity index (χ1v) is 31.3. The maximum absolute atomic E-state index is 12.9. The summed E-state index contributed by atoms with van der Waals surface area (Å²) in [6.45, 7) is 6.27. The van der Waals surface area contributed by atoms with Crippen LogP contribution in [0.3, 0.4) is 0 Å². The first-order valence-electron chi connectivity index (χ1n) is 31.3. The lowest BCUT2D eigenvalue weighted by atomic mass is 10.1. The predicted molar refractivity (Wildman–Crippen MR) is 334 cm³/mol. The molecule has 0 rings (SSSR count). The molecular weight excluding hydrogens is 949 g/mol. The molecule has 6 nitrogen and oxygen atoms in total. The van der Waals surface area contributed by atoms with E-state index in [4.69, 9.17) is 14.2 Å². The maximum atomic E-state index is 12.9. The third kappa shape index (κ3) is 62.0. The van der Waals surface area contributed by atoms with Gasteiger partial charge in [0.05, 0.1) is 0 Å². The summed E-state index contributed by atoms with van der Waals surface area (Å²) < 4.78 is 16.9. The molecular formula is C71H114O6. The molecule has 1 atom stereocenters.